The molecule has 5 nitrogen and oxygen atoms in total. The lowest BCUT2D eigenvalue weighted by molar-refractivity contribution is 0.0474. The van der Waals surface area contributed by atoms with Gasteiger partial charge in [0.2, 0.25) is 0 Å². The van der Waals surface area contributed by atoms with Gasteiger partial charge in [0.05, 0.1) is 18.8 Å². The summed E-state index contributed by atoms with van der Waals surface area (Å²) in [5, 5.41) is 0. The van der Waals surface area contributed by atoms with Gasteiger partial charge in [0.1, 0.15) is 5.69 Å². The second kappa shape index (κ2) is 7.29. The number of H-pyrrole nitrogens is 1. The highest BCUT2D eigenvalue weighted by Gasteiger charge is 2.29. The molecule has 1 aliphatic carbocycles. The number of hydrogen-bond acceptors (Lipinski definition) is 4. The summed E-state index contributed by atoms with van der Waals surface area (Å²) in [5.41, 5.74) is 1.48. The zero-order valence-corrected chi connectivity index (χ0v) is 12.7. The molecule has 21 heavy (non-hydrogen) atoms. The van der Waals surface area contributed by atoms with Crippen LogP contribution in [-0.2, 0) is 9.47 Å². The Kier molecular flexibility index (Phi) is 5.42. The van der Waals surface area contributed by atoms with Crippen molar-refractivity contribution in [1.82, 2.24) is 4.98 Å². The van der Waals surface area contributed by atoms with Gasteiger partial charge in [0, 0.05) is 6.20 Å². The van der Waals surface area contributed by atoms with E-state index in [1.165, 1.54) is 6.42 Å². The topological polar surface area (TPSA) is 68.4 Å². The lowest BCUT2D eigenvalue weighted by Crippen LogP contribution is -2.16. The van der Waals surface area contributed by atoms with E-state index in [4.69, 9.17) is 9.47 Å². The fraction of sp³-hybridized carbons (Fsp3) is 0.625. The molecule has 0 spiro atoms. The molecule has 1 aromatic rings. The van der Waals surface area contributed by atoms with Gasteiger partial charge in [-0.25, -0.2) is 9.59 Å². The number of ether oxygens (including phenoxy) is 2. The van der Waals surface area contributed by atoms with Gasteiger partial charge >= 0.3 is 11.9 Å². The molecule has 0 saturated heterocycles. The number of nitrogens with one attached hydrogen (secondary N) is 1. The second-order valence-corrected chi connectivity index (χ2v) is 5.27. The number of hydrogen-bond donors (Lipinski definition) is 1. The summed E-state index contributed by atoms with van der Waals surface area (Å²) in [4.78, 5) is 27.2. The first-order valence-electron chi connectivity index (χ1n) is 7.74. The Bertz CT molecular complexity index is 500. The van der Waals surface area contributed by atoms with E-state index >= 15 is 0 Å². The minimum atomic E-state index is -0.498. The van der Waals surface area contributed by atoms with Crippen molar-refractivity contribution >= 4 is 11.9 Å². The second-order valence-electron chi connectivity index (χ2n) is 5.27. The molecule has 1 saturated carbocycles. The zero-order valence-electron chi connectivity index (χ0n) is 12.7. The molecule has 5 heteroatoms. The van der Waals surface area contributed by atoms with Crippen molar-refractivity contribution in [2.45, 2.75) is 51.9 Å². The Labute approximate surface area is 125 Å². The van der Waals surface area contributed by atoms with Crippen LogP contribution >= 0.6 is 0 Å². The third kappa shape index (κ3) is 3.46. The van der Waals surface area contributed by atoms with Crippen LogP contribution in [0.3, 0.4) is 0 Å². The zero-order chi connectivity index (χ0) is 15.2. The van der Waals surface area contributed by atoms with E-state index in [0.29, 0.717) is 11.5 Å². The van der Waals surface area contributed by atoms with Gasteiger partial charge in [-0.3, -0.25) is 0 Å². The molecule has 0 amide bonds. The maximum Gasteiger partial charge on any atom is 0.355 e. The fourth-order valence-electron chi connectivity index (χ4n) is 2.96. The lowest BCUT2D eigenvalue weighted by Gasteiger charge is -2.21. The SMILES string of the molecule is CCOC(=O)c1[nH]cc(C2CCCCC2)c1C(=O)OCC. The largest absolute Gasteiger partial charge is 0.462 e. The van der Waals surface area contributed by atoms with Gasteiger partial charge in [0.15, 0.2) is 0 Å². The summed E-state index contributed by atoms with van der Waals surface area (Å²) >= 11 is 0. The minimum absolute atomic E-state index is 0.218. The Morgan fingerprint density at radius 3 is 2.33 bits per heavy atom. The van der Waals surface area contributed by atoms with Gasteiger partial charge in [-0.15, -0.1) is 0 Å². The molecule has 1 aromatic heterocycles. The molecule has 0 radical (unpaired) electrons. The molecule has 116 valence electrons. The van der Waals surface area contributed by atoms with Crippen LogP contribution < -0.4 is 0 Å². The van der Waals surface area contributed by atoms with Crippen LogP contribution in [0.15, 0.2) is 6.20 Å². The van der Waals surface area contributed by atoms with Crippen molar-refractivity contribution in [3.8, 4) is 0 Å². The van der Waals surface area contributed by atoms with Crippen molar-refractivity contribution in [2.75, 3.05) is 13.2 Å². The smallest absolute Gasteiger partial charge is 0.355 e. The number of carbonyl (C=O) groups is 2. The van der Waals surface area contributed by atoms with Crippen molar-refractivity contribution in [3.05, 3.63) is 23.0 Å². The Morgan fingerprint density at radius 1 is 1.10 bits per heavy atom. The third-order valence-corrected chi connectivity index (χ3v) is 3.91. The average molecular weight is 293 g/mol. The maximum absolute atomic E-state index is 12.2. The van der Waals surface area contributed by atoms with E-state index < -0.39 is 11.9 Å². The van der Waals surface area contributed by atoms with Gasteiger partial charge in [-0.1, -0.05) is 19.3 Å². The maximum atomic E-state index is 12.2. The molecule has 1 aliphatic rings. The summed E-state index contributed by atoms with van der Waals surface area (Å²) in [6, 6.07) is 0. The molecular weight excluding hydrogens is 270 g/mol. The minimum Gasteiger partial charge on any atom is -0.462 e. The summed E-state index contributed by atoms with van der Waals surface area (Å²) in [6.45, 7) is 4.07. The number of carbonyl (C=O) groups excluding carboxylic acids is 2. The predicted octanol–water partition coefficient (Wildman–Crippen LogP) is 3.42. The molecular formula is C16H23NO4. The summed E-state index contributed by atoms with van der Waals surface area (Å²) in [5.74, 6) is -0.623. The van der Waals surface area contributed by atoms with Crippen LogP contribution in [0.4, 0.5) is 0 Å². The van der Waals surface area contributed by atoms with Crippen molar-refractivity contribution < 1.29 is 19.1 Å². The van der Waals surface area contributed by atoms with Crippen LogP contribution in [0.5, 0.6) is 0 Å². The van der Waals surface area contributed by atoms with E-state index in [0.717, 1.165) is 31.2 Å². The van der Waals surface area contributed by atoms with Crippen LogP contribution in [0.2, 0.25) is 0 Å². The van der Waals surface area contributed by atoms with Gasteiger partial charge in [-0.2, -0.15) is 0 Å². The normalized spacial score (nSPS) is 15.7. The van der Waals surface area contributed by atoms with Crippen molar-refractivity contribution in [1.29, 1.82) is 0 Å². The molecule has 2 rings (SSSR count). The lowest BCUT2D eigenvalue weighted by atomic mass is 9.83. The summed E-state index contributed by atoms with van der Waals surface area (Å²) < 4.78 is 10.1. The summed E-state index contributed by atoms with van der Waals surface area (Å²) in [6.07, 6.45) is 7.42. The molecule has 0 unspecified atom stereocenters. The monoisotopic (exact) mass is 293 g/mol. The number of aromatic nitrogens is 1. The number of aromatic amines is 1. The first-order chi connectivity index (χ1) is 10.2. The Balaban J connectivity index is 2.35. The van der Waals surface area contributed by atoms with Crippen LogP contribution in [-0.4, -0.2) is 30.1 Å². The van der Waals surface area contributed by atoms with E-state index in [1.807, 2.05) is 0 Å². The van der Waals surface area contributed by atoms with Crippen LogP contribution in [0, 0.1) is 0 Å². The van der Waals surface area contributed by atoms with Crippen molar-refractivity contribution in [2.24, 2.45) is 0 Å². The van der Waals surface area contributed by atoms with E-state index in [2.05, 4.69) is 4.98 Å². The standard InChI is InChI=1S/C16H23NO4/c1-3-20-15(18)13-12(11-8-6-5-7-9-11)10-17-14(13)16(19)21-4-2/h10-11,17H,3-9H2,1-2H3. The van der Waals surface area contributed by atoms with Crippen molar-refractivity contribution in [3.63, 3.8) is 0 Å². The molecule has 1 N–H and O–H groups in total. The van der Waals surface area contributed by atoms with Gasteiger partial charge in [0.25, 0.3) is 0 Å². The van der Waals surface area contributed by atoms with E-state index in [9.17, 15) is 9.59 Å². The molecule has 0 aromatic carbocycles. The summed E-state index contributed by atoms with van der Waals surface area (Å²) in [7, 11) is 0. The van der Waals surface area contributed by atoms with Crippen LogP contribution in [0.25, 0.3) is 0 Å². The molecule has 0 aliphatic heterocycles. The van der Waals surface area contributed by atoms with E-state index in [-0.39, 0.29) is 18.9 Å². The molecule has 0 atom stereocenters. The highest BCUT2D eigenvalue weighted by atomic mass is 16.5. The van der Waals surface area contributed by atoms with E-state index in [1.54, 1.807) is 20.0 Å². The first kappa shape index (κ1) is 15.6. The highest BCUT2D eigenvalue weighted by Crippen LogP contribution is 2.35. The van der Waals surface area contributed by atoms with Gasteiger partial charge in [-0.05, 0) is 38.2 Å². The first-order valence-corrected chi connectivity index (χ1v) is 7.74. The molecule has 1 heterocycles. The molecule has 1 fully saturated rings. The predicted molar refractivity (Wildman–Crippen MR) is 78.5 cm³/mol. The fourth-order valence-corrected chi connectivity index (χ4v) is 2.96. The van der Waals surface area contributed by atoms with Crippen LogP contribution in [0.1, 0.15) is 78.3 Å². The number of rotatable bonds is 5. The van der Waals surface area contributed by atoms with Gasteiger partial charge < -0.3 is 14.5 Å². The average Bonchev–Trinajstić information content (AvgIpc) is 2.93. The quantitative estimate of drug-likeness (QED) is 0.845. The Morgan fingerprint density at radius 2 is 1.71 bits per heavy atom. The number of esters is 2. The highest BCUT2D eigenvalue weighted by molar-refractivity contribution is 6.03. The third-order valence-electron chi connectivity index (χ3n) is 3.91. The molecule has 0 bridgehead atoms. The Hall–Kier alpha value is -1.78.